The molecule has 0 bridgehead atoms. The lowest BCUT2D eigenvalue weighted by molar-refractivity contribution is 0.318. The minimum atomic E-state index is 0.111. The van der Waals surface area contributed by atoms with Gasteiger partial charge in [-0.3, -0.25) is 0 Å². The average molecular weight is 236 g/mol. The average Bonchev–Trinajstić information content (AvgIpc) is 2.39. The quantitative estimate of drug-likeness (QED) is 0.342. The SMILES string of the molecule is CCCCN(CC)c1cc(/C(N)=N/O)ccn1. The van der Waals surface area contributed by atoms with Crippen LogP contribution in [-0.2, 0) is 0 Å². The van der Waals surface area contributed by atoms with E-state index in [1.54, 1.807) is 12.3 Å². The van der Waals surface area contributed by atoms with Crippen molar-refractivity contribution < 1.29 is 5.21 Å². The third-order valence-corrected chi connectivity index (χ3v) is 2.64. The first-order valence-electron chi connectivity index (χ1n) is 5.91. The highest BCUT2D eigenvalue weighted by Crippen LogP contribution is 2.13. The second-order valence-corrected chi connectivity index (χ2v) is 3.82. The van der Waals surface area contributed by atoms with Crippen LogP contribution in [0.3, 0.4) is 0 Å². The zero-order valence-electron chi connectivity index (χ0n) is 10.4. The number of nitrogens with two attached hydrogens (primary N) is 1. The zero-order chi connectivity index (χ0) is 12.7. The molecule has 0 atom stereocenters. The van der Waals surface area contributed by atoms with E-state index >= 15 is 0 Å². The molecule has 5 nitrogen and oxygen atoms in total. The first-order chi connectivity index (χ1) is 8.22. The van der Waals surface area contributed by atoms with Gasteiger partial charge in [0.25, 0.3) is 0 Å². The van der Waals surface area contributed by atoms with Crippen molar-refractivity contribution in [2.45, 2.75) is 26.7 Å². The van der Waals surface area contributed by atoms with Gasteiger partial charge in [0.05, 0.1) is 0 Å². The summed E-state index contributed by atoms with van der Waals surface area (Å²) >= 11 is 0. The Kier molecular flexibility index (Phi) is 5.26. The van der Waals surface area contributed by atoms with Gasteiger partial charge in [-0.25, -0.2) is 4.98 Å². The Hall–Kier alpha value is -1.78. The van der Waals surface area contributed by atoms with Gasteiger partial charge < -0.3 is 15.8 Å². The van der Waals surface area contributed by atoms with Crippen molar-refractivity contribution in [3.63, 3.8) is 0 Å². The fourth-order valence-corrected chi connectivity index (χ4v) is 1.59. The van der Waals surface area contributed by atoms with E-state index in [-0.39, 0.29) is 5.84 Å². The molecule has 17 heavy (non-hydrogen) atoms. The minimum absolute atomic E-state index is 0.111. The molecule has 1 aromatic rings. The van der Waals surface area contributed by atoms with Crippen LogP contribution in [0.4, 0.5) is 5.82 Å². The molecule has 1 rings (SSSR count). The maximum absolute atomic E-state index is 8.65. The Balaban J connectivity index is 2.88. The maximum Gasteiger partial charge on any atom is 0.170 e. The minimum Gasteiger partial charge on any atom is -0.409 e. The molecular weight excluding hydrogens is 216 g/mol. The van der Waals surface area contributed by atoms with Gasteiger partial charge in [0.1, 0.15) is 5.82 Å². The molecule has 0 saturated carbocycles. The number of nitrogens with zero attached hydrogens (tertiary/aromatic N) is 3. The molecule has 1 heterocycles. The molecule has 94 valence electrons. The van der Waals surface area contributed by atoms with E-state index in [2.05, 4.69) is 28.9 Å². The van der Waals surface area contributed by atoms with Crippen LogP contribution in [0.1, 0.15) is 32.3 Å². The van der Waals surface area contributed by atoms with Crippen molar-refractivity contribution >= 4 is 11.7 Å². The fraction of sp³-hybridized carbons (Fsp3) is 0.500. The van der Waals surface area contributed by atoms with E-state index < -0.39 is 0 Å². The smallest absolute Gasteiger partial charge is 0.170 e. The van der Waals surface area contributed by atoms with E-state index in [0.29, 0.717) is 5.56 Å². The van der Waals surface area contributed by atoms with Crippen LogP contribution in [0.15, 0.2) is 23.5 Å². The molecule has 3 N–H and O–H groups in total. The largest absolute Gasteiger partial charge is 0.409 e. The third kappa shape index (κ3) is 3.62. The van der Waals surface area contributed by atoms with E-state index in [4.69, 9.17) is 10.9 Å². The summed E-state index contributed by atoms with van der Waals surface area (Å²) in [5.41, 5.74) is 6.25. The summed E-state index contributed by atoms with van der Waals surface area (Å²) in [4.78, 5) is 6.49. The summed E-state index contributed by atoms with van der Waals surface area (Å²) < 4.78 is 0. The molecule has 0 unspecified atom stereocenters. The number of hydrogen-bond acceptors (Lipinski definition) is 4. The highest BCUT2D eigenvalue weighted by Gasteiger charge is 2.07. The van der Waals surface area contributed by atoms with Crippen molar-refractivity contribution in [2.75, 3.05) is 18.0 Å². The molecule has 5 heteroatoms. The number of amidine groups is 1. The lowest BCUT2D eigenvalue weighted by Crippen LogP contribution is -2.25. The van der Waals surface area contributed by atoms with Crippen LogP contribution in [0, 0.1) is 0 Å². The zero-order valence-corrected chi connectivity index (χ0v) is 10.4. The number of rotatable bonds is 6. The molecule has 0 aliphatic carbocycles. The third-order valence-electron chi connectivity index (χ3n) is 2.64. The van der Waals surface area contributed by atoms with Crippen LogP contribution < -0.4 is 10.6 Å². The number of oxime groups is 1. The lowest BCUT2D eigenvalue weighted by atomic mass is 10.2. The summed E-state index contributed by atoms with van der Waals surface area (Å²) in [6.45, 7) is 6.12. The summed E-state index contributed by atoms with van der Waals surface area (Å²) in [6, 6.07) is 3.57. The molecule has 0 fully saturated rings. The van der Waals surface area contributed by atoms with Crippen LogP contribution in [-0.4, -0.2) is 29.1 Å². The molecule has 0 aliphatic heterocycles. The van der Waals surface area contributed by atoms with Gasteiger partial charge in [0.15, 0.2) is 5.84 Å². The van der Waals surface area contributed by atoms with E-state index in [9.17, 15) is 0 Å². The normalized spacial score (nSPS) is 11.5. The fourth-order valence-electron chi connectivity index (χ4n) is 1.59. The van der Waals surface area contributed by atoms with Gasteiger partial charge >= 0.3 is 0 Å². The Labute approximate surface area is 102 Å². The van der Waals surface area contributed by atoms with Crippen molar-refractivity contribution in [1.29, 1.82) is 0 Å². The van der Waals surface area contributed by atoms with Crippen molar-refractivity contribution in [3.05, 3.63) is 23.9 Å². The number of unbranched alkanes of at least 4 members (excludes halogenated alkanes) is 1. The molecule has 0 spiro atoms. The Bertz CT molecular complexity index is 379. The molecule has 0 saturated heterocycles. The van der Waals surface area contributed by atoms with Crippen molar-refractivity contribution in [1.82, 2.24) is 4.98 Å². The highest BCUT2D eigenvalue weighted by atomic mass is 16.4. The topological polar surface area (TPSA) is 74.7 Å². The van der Waals surface area contributed by atoms with E-state index in [0.717, 1.165) is 31.7 Å². The maximum atomic E-state index is 8.65. The number of pyridine rings is 1. The highest BCUT2D eigenvalue weighted by molar-refractivity contribution is 5.97. The molecule has 1 aromatic heterocycles. The monoisotopic (exact) mass is 236 g/mol. The van der Waals surface area contributed by atoms with E-state index in [1.165, 1.54) is 0 Å². The number of hydrogen-bond donors (Lipinski definition) is 2. The first kappa shape index (κ1) is 13.3. The second kappa shape index (κ2) is 6.73. The molecule has 0 aromatic carbocycles. The number of aromatic nitrogens is 1. The standard InChI is InChI=1S/C12H20N4O/c1-3-5-8-16(4-2)11-9-10(6-7-14-11)12(13)15-17/h6-7,9,17H,3-5,8H2,1-2H3,(H2,13,15). The van der Waals surface area contributed by atoms with Crippen LogP contribution >= 0.6 is 0 Å². The van der Waals surface area contributed by atoms with Gasteiger partial charge in [-0.1, -0.05) is 18.5 Å². The molecule has 0 aliphatic rings. The first-order valence-corrected chi connectivity index (χ1v) is 5.91. The lowest BCUT2D eigenvalue weighted by Gasteiger charge is -2.21. The predicted octanol–water partition coefficient (Wildman–Crippen LogP) is 1.80. The summed E-state index contributed by atoms with van der Waals surface area (Å²) in [7, 11) is 0. The van der Waals surface area contributed by atoms with Crippen LogP contribution in [0.25, 0.3) is 0 Å². The molecule has 0 radical (unpaired) electrons. The second-order valence-electron chi connectivity index (χ2n) is 3.82. The predicted molar refractivity (Wildman–Crippen MR) is 69.5 cm³/mol. The van der Waals surface area contributed by atoms with Gasteiger partial charge in [0.2, 0.25) is 0 Å². The molecular formula is C12H20N4O. The summed E-state index contributed by atoms with van der Waals surface area (Å²) in [6.07, 6.45) is 3.96. The van der Waals surface area contributed by atoms with Crippen molar-refractivity contribution in [2.24, 2.45) is 10.9 Å². The van der Waals surface area contributed by atoms with Crippen LogP contribution in [0.2, 0.25) is 0 Å². The number of anilines is 1. The van der Waals surface area contributed by atoms with E-state index in [1.807, 2.05) is 6.07 Å². The summed E-state index contributed by atoms with van der Waals surface area (Å²) in [5.74, 6) is 0.977. The Morgan fingerprint density at radius 1 is 1.53 bits per heavy atom. The summed E-state index contributed by atoms with van der Waals surface area (Å²) in [5, 5.41) is 11.6. The van der Waals surface area contributed by atoms with Gasteiger partial charge in [0, 0.05) is 24.8 Å². The van der Waals surface area contributed by atoms with Gasteiger partial charge in [-0.2, -0.15) is 0 Å². The van der Waals surface area contributed by atoms with Crippen molar-refractivity contribution in [3.8, 4) is 0 Å². The Morgan fingerprint density at radius 2 is 2.29 bits per heavy atom. The van der Waals surface area contributed by atoms with Crippen LogP contribution in [0.5, 0.6) is 0 Å². The van der Waals surface area contributed by atoms with Gasteiger partial charge in [-0.15, -0.1) is 0 Å². The van der Waals surface area contributed by atoms with Gasteiger partial charge in [-0.05, 0) is 25.5 Å². The Morgan fingerprint density at radius 3 is 2.88 bits per heavy atom. The molecule has 0 amide bonds.